The van der Waals surface area contributed by atoms with E-state index in [4.69, 9.17) is 14.6 Å². The molecule has 0 aromatic carbocycles. The van der Waals surface area contributed by atoms with Gasteiger partial charge >= 0.3 is 5.97 Å². The first-order valence-corrected chi connectivity index (χ1v) is 7.53. The summed E-state index contributed by atoms with van der Waals surface area (Å²) in [6.45, 7) is 0.798. The lowest BCUT2D eigenvalue weighted by Gasteiger charge is -2.32. The monoisotopic (exact) mass is 279 g/mol. The minimum Gasteiger partial charge on any atom is -0.480 e. The Hall–Kier alpha value is -0.700. The van der Waals surface area contributed by atoms with E-state index < -0.39 is 22.0 Å². The predicted molar refractivity (Wildman–Crippen MR) is 61.7 cm³/mol. The molecular weight excluding hydrogens is 262 g/mol. The first-order valence-electron chi connectivity index (χ1n) is 5.92. The van der Waals surface area contributed by atoms with Crippen LogP contribution in [0.5, 0.6) is 0 Å². The molecule has 2 saturated heterocycles. The third kappa shape index (κ3) is 3.00. The van der Waals surface area contributed by atoms with Crippen molar-refractivity contribution in [3.63, 3.8) is 0 Å². The highest BCUT2D eigenvalue weighted by Crippen LogP contribution is 2.19. The molecule has 0 spiro atoms. The normalized spacial score (nSPS) is 30.4. The molecule has 2 rings (SSSR count). The van der Waals surface area contributed by atoms with Gasteiger partial charge in [0.2, 0.25) is 10.0 Å². The van der Waals surface area contributed by atoms with Crippen LogP contribution in [0.1, 0.15) is 12.8 Å². The van der Waals surface area contributed by atoms with E-state index in [1.165, 1.54) is 0 Å². The standard InChI is InChI=1S/C10H17NO6S/c12-10(13)9-6-16-5-3-11(9)18(14,15)7-8-2-1-4-17-8/h8-9H,1-7H2,(H,12,13). The largest absolute Gasteiger partial charge is 0.480 e. The van der Waals surface area contributed by atoms with Gasteiger partial charge in [-0.15, -0.1) is 0 Å². The van der Waals surface area contributed by atoms with Crippen LogP contribution in [-0.2, 0) is 24.3 Å². The minimum absolute atomic E-state index is 0.0893. The smallest absolute Gasteiger partial charge is 0.324 e. The Kier molecular flexibility index (Phi) is 4.21. The fraction of sp³-hybridized carbons (Fsp3) is 0.900. The third-order valence-corrected chi connectivity index (χ3v) is 5.09. The quantitative estimate of drug-likeness (QED) is 0.730. The number of morpholine rings is 1. The maximum atomic E-state index is 12.2. The summed E-state index contributed by atoms with van der Waals surface area (Å²) in [5, 5.41) is 9.02. The Morgan fingerprint density at radius 1 is 1.39 bits per heavy atom. The number of carboxylic acid groups (broad SMARTS) is 1. The molecule has 0 radical (unpaired) electrons. The fourth-order valence-electron chi connectivity index (χ4n) is 2.22. The van der Waals surface area contributed by atoms with E-state index in [9.17, 15) is 13.2 Å². The average Bonchev–Trinajstić information content (AvgIpc) is 2.81. The number of aliphatic carboxylic acids is 1. The van der Waals surface area contributed by atoms with Crippen LogP contribution in [0.2, 0.25) is 0 Å². The van der Waals surface area contributed by atoms with Gasteiger partial charge in [-0.3, -0.25) is 4.79 Å². The Labute approximate surface area is 106 Å². The molecule has 0 aromatic rings. The van der Waals surface area contributed by atoms with Crippen LogP contribution in [0.3, 0.4) is 0 Å². The zero-order chi connectivity index (χ0) is 13.2. The number of sulfonamides is 1. The van der Waals surface area contributed by atoms with E-state index in [-0.39, 0.29) is 31.6 Å². The van der Waals surface area contributed by atoms with Gasteiger partial charge in [-0.2, -0.15) is 4.31 Å². The van der Waals surface area contributed by atoms with Gasteiger partial charge in [0.15, 0.2) is 0 Å². The highest BCUT2D eigenvalue weighted by molar-refractivity contribution is 7.89. The molecule has 0 aromatic heterocycles. The Morgan fingerprint density at radius 2 is 2.17 bits per heavy atom. The summed E-state index contributed by atoms with van der Waals surface area (Å²) < 4.78 is 35.7. The lowest BCUT2D eigenvalue weighted by molar-refractivity contribution is -0.146. The summed E-state index contributed by atoms with van der Waals surface area (Å²) in [7, 11) is -3.61. The molecule has 2 aliphatic heterocycles. The molecule has 2 aliphatic rings. The maximum Gasteiger partial charge on any atom is 0.324 e. The van der Waals surface area contributed by atoms with Crippen LogP contribution in [0.4, 0.5) is 0 Å². The van der Waals surface area contributed by atoms with Crippen molar-refractivity contribution in [2.24, 2.45) is 0 Å². The van der Waals surface area contributed by atoms with E-state index in [1.807, 2.05) is 0 Å². The van der Waals surface area contributed by atoms with Crippen LogP contribution in [0.15, 0.2) is 0 Å². The Balaban J connectivity index is 2.08. The van der Waals surface area contributed by atoms with Gasteiger partial charge in [0.25, 0.3) is 0 Å². The van der Waals surface area contributed by atoms with Crippen LogP contribution in [0.25, 0.3) is 0 Å². The average molecular weight is 279 g/mol. The van der Waals surface area contributed by atoms with Crippen LogP contribution in [0, 0.1) is 0 Å². The molecule has 2 atom stereocenters. The van der Waals surface area contributed by atoms with E-state index in [0.717, 1.165) is 10.7 Å². The first-order chi connectivity index (χ1) is 8.50. The van der Waals surface area contributed by atoms with Crippen molar-refractivity contribution in [2.75, 3.05) is 32.1 Å². The van der Waals surface area contributed by atoms with Crippen LogP contribution >= 0.6 is 0 Å². The molecule has 2 unspecified atom stereocenters. The highest BCUT2D eigenvalue weighted by Gasteiger charge is 2.39. The van der Waals surface area contributed by atoms with E-state index in [0.29, 0.717) is 13.0 Å². The molecule has 18 heavy (non-hydrogen) atoms. The van der Waals surface area contributed by atoms with Gasteiger partial charge in [-0.05, 0) is 12.8 Å². The van der Waals surface area contributed by atoms with Crippen molar-refractivity contribution in [3.05, 3.63) is 0 Å². The maximum absolute atomic E-state index is 12.2. The summed E-state index contributed by atoms with van der Waals surface area (Å²) in [6.07, 6.45) is 1.25. The molecule has 0 amide bonds. The molecule has 8 heteroatoms. The van der Waals surface area contributed by atoms with Gasteiger partial charge in [-0.1, -0.05) is 0 Å². The van der Waals surface area contributed by atoms with Crippen molar-refractivity contribution in [2.45, 2.75) is 25.0 Å². The van der Waals surface area contributed by atoms with Gasteiger partial charge in [0, 0.05) is 13.2 Å². The third-order valence-electron chi connectivity index (χ3n) is 3.14. The molecule has 7 nitrogen and oxygen atoms in total. The van der Waals surface area contributed by atoms with Crippen LogP contribution < -0.4 is 0 Å². The summed E-state index contributed by atoms with van der Waals surface area (Å²) in [5.74, 6) is -1.32. The molecule has 104 valence electrons. The molecule has 2 fully saturated rings. The number of hydrogen-bond donors (Lipinski definition) is 1. The van der Waals surface area contributed by atoms with Gasteiger partial charge in [0.1, 0.15) is 6.04 Å². The van der Waals surface area contributed by atoms with Crippen LogP contribution in [-0.4, -0.2) is 68.1 Å². The topological polar surface area (TPSA) is 93.1 Å². The van der Waals surface area contributed by atoms with Crippen molar-refractivity contribution in [3.8, 4) is 0 Å². The SMILES string of the molecule is O=C(O)C1COCCN1S(=O)(=O)CC1CCCO1. The molecule has 0 saturated carbocycles. The van der Waals surface area contributed by atoms with Gasteiger partial charge in [-0.25, -0.2) is 8.42 Å². The summed E-state index contributed by atoms with van der Waals surface area (Å²) in [5.41, 5.74) is 0. The number of nitrogens with zero attached hydrogens (tertiary/aromatic N) is 1. The predicted octanol–water partition coefficient (Wildman–Crippen LogP) is -0.719. The Morgan fingerprint density at radius 3 is 2.78 bits per heavy atom. The zero-order valence-electron chi connectivity index (χ0n) is 9.95. The number of carbonyl (C=O) groups is 1. The first kappa shape index (κ1) is 13.7. The van der Waals surface area contributed by atoms with E-state index in [1.54, 1.807) is 0 Å². The van der Waals surface area contributed by atoms with Gasteiger partial charge in [0.05, 0.1) is 25.1 Å². The Bertz CT molecular complexity index is 403. The van der Waals surface area contributed by atoms with Crippen molar-refractivity contribution in [1.29, 1.82) is 0 Å². The summed E-state index contributed by atoms with van der Waals surface area (Å²) in [6, 6.07) is -1.12. The van der Waals surface area contributed by atoms with Crippen molar-refractivity contribution >= 4 is 16.0 Å². The second kappa shape index (κ2) is 5.52. The van der Waals surface area contributed by atoms with E-state index >= 15 is 0 Å². The number of hydrogen-bond acceptors (Lipinski definition) is 5. The fourth-order valence-corrected chi connectivity index (χ4v) is 4.04. The minimum atomic E-state index is -3.61. The molecular formula is C10H17NO6S. The number of ether oxygens (including phenoxy) is 2. The highest BCUT2D eigenvalue weighted by atomic mass is 32.2. The number of rotatable bonds is 4. The molecule has 0 aliphatic carbocycles. The molecule has 1 N–H and O–H groups in total. The summed E-state index contributed by atoms with van der Waals surface area (Å²) in [4.78, 5) is 11.0. The molecule has 0 bridgehead atoms. The number of carboxylic acids is 1. The van der Waals surface area contributed by atoms with Gasteiger partial charge < -0.3 is 14.6 Å². The van der Waals surface area contributed by atoms with Crippen molar-refractivity contribution in [1.82, 2.24) is 4.31 Å². The second-order valence-electron chi connectivity index (χ2n) is 4.45. The second-order valence-corrected chi connectivity index (χ2v) is 6.42. The lowest BCUT2D eigenvalue weighted by Crippen LogP contribution is -2.53. The molecule has 2 heterocycles. The zero-order valence-corrected chi connectivity index (χ0v) is 10.8. The lowest BCUT2D eigenvalue weighted by atomic mass is 10.3. The van der Waals surface area contributed by atoms with E-state index in [2.05, 4.69) is 0 Å². The summed E-state index contributed by atoms with van der Waals surface area (Å²) >= 11 is 0. The van der Waals surface area contributed by atoms with Crippen molar-refractivity contribution < 1.29 is 27.8 Å².